The largest absolute Gasteiger partial charge is 0.481 e. The van der Waals surface area contributed by atoms with Gasteiger partial charge < -0.3 is 5.11 Å². The van der Waals surface area contributed by atoms with E-state index in [0.717, 1.165) is 56.9 Å². The fourth-order valence-corrected chi connectivity index (χ4v) is 5.37. The molecule has 0 spiro atoms. The monoisotopic (exact) mass is 367 g/mol. The Morgan fingerprint density at radius 1 is 1.08 bits per heavy atom. The van der Waals surface area contributed by atoms with E-state index in [0.29, 0.717) is 6.54 Å². The van der Waals surface area contributed by atoms with Crippen molar-refractivity contribution >= 4 is 16.0 Å². The van der Waals surface area contributed by atoms with Crippen molar-refractivity contribution in [2.45, 2.75) is 69.6 Å². The Hall–Kier alpha value is -1.40. The molecule has 5 nitrogen and oxygen atoms in total. The lowest BCUT2D eigenvalue weighted by Gasteiger charge is -2.24. The summed E-state index contributed by atoms with van der Waals surface area (Å²) in [6, 6.07) is 9.49. The number of unbranched alkanes of at least 4 members (excludes halogenated alkanes) is 4. The molecule has 1 N–H and O–H groups in total. The summed E-state index contributed by atoms with van der Waals surface area (Å²) in [6.07, 6.45) is 7.79. The Bertz CT molecular complexity index is 630. The molecule has 1 aromatic carbocycles. The summed E-state index contributed by atoms with van der Waals surface area (Å²) in [5, 5.41) is 8.61. The van der Waals surface area contributed by atoms with Gasteiger partial charge in [0.1, 0.15) is 0 Å². The Kier molecular flexibility index (Phi) is 7.90. The molecule has 1 fully saturated rings. The first-order valence-electron chi connectivity index (χ1n) is 9.24. The molecule has 1 aliphatic rings. The number of carbonyl (C=O) groups is 1. The van der Waals surface area contributed by atoms with Crippen LogP contribution in [0.3, 0.4) is 0 Å². The van der Waals surface area contributed by atoms with E-state index in [9.17, 15) is 13.2 Å². The van der Waals surface area contributed by atoms with Gasteiger partial charge in [0.2, 0.25) is 10.0 Å². The number of aliphatic carboxylic acids is 1. The lowest BCUT2D eigenvalue weighted by Crippen LogP contribution is -2.36. The summed E-state index contributed by atoms with van der Waals surface area (Å²) in [5.74, 6) is -0.648. The molecule has 1 atom stereocenters. The second-order valence-electron chi connectivity index (χ2n) is 6.85. The molecule has 6 heteroatoms. The van der Waals surface area contributed by atoms with E-state index in [1.165, 1.54) is 0 Å². The maximum absolute atomic E-state index is 12.7. The molecular formula is C19H29NO4S. The first kappa shape index (κ1) is 19.9. The first-order valence-corrected chi connectivity index (χ1v) is 10.9. The minimum atomic E-state index is -3.25. The van der Waals surface area contributed by atoms with Crippen molar-refractivity contribution in [1.82, 2.24) is 4.31 Å². The molecule has 1 saturated heterocycles. The molecule has 0 aliphatic carbocycles. The first-order chi connectivity index (χ1) is 12.0. The van der Waals surface area contributed by atoms with Crippen molar-refractivity contribution < 1.29 is 18.3 Å². The van der Waals surface area contributed by atoms with Gasteiger partial charge in [-0.3, -0.25) is 4.79 Å². The Balaban J connectivity index is 1.74. The van der Waals surface area contributed by atoms with Crippen LogP contribution in [-0.4, -0.2) is 36.4 Å². The standard InChI is InChI=1S/C19H29NO4S/c21-19(22)14-8-3-1-2-7-12-18-13-9-15-20(18)25(23,24)16-17-10-5-4-6-11-17/h4-6,10-11,18H,1-3,7-9,12-16H2,(H,21,22). The van der Waals surface area contributed by atoms with E-state index >= 15 is 0 Å². The summed E-state index contributed by atoms with van der Waals surface area (Å²) >= 11 is 0. The van der Waals surface area contributed by atoms with Gasteiger partial charge in [-0.15, -0.1) is 0 Å². The number of rotatable bonds is 11. The van der Waals surface area contributed by atoms with E-state index in [4.69, 9.17) is 5.11 Å². The van der Waals surface area contributed by atoms with Crippen LogP contribution in [-0.2, 0) is 20.6 Å². The third kappa shape index (κ3) is 6.78. The maximum Gasteiger partial charge on any atom is 0.303 e. The van der Waals surface area contributed by atoms with Gasteiger partial charge in [0.05, 0.1) is 5.75 Å². The molecule has 1 aromatic rings. The number of nitrogens with zero attached hydrogens (tertiary/aromatic N) is 1. The molecule has 1 unspecified atom stereocenters. The van der Waals surface area contributed by atoms with E-state index < -0.39 is 16.0 Å². The van der Waals surface area contributed by atoms with Gasteiger partial charge in [0, 0.05) is 19.0 Å². The second kappa shape index (κ2) is 9.92. The third-order valence-corrected chi connectivity index (χ3v) is 6.69. The van der Waals surface area contributed by atoms with Crippen LogP contribution in [0.25, 0.3) is 0 Å². The third-order valence-electron chi connectivity index (χ3n) is 4.80. The van der Waals surface area contributed by atoms with Gasteiger partial charge >= 0.3 is 5.97 Å². The lowest BCUT2D eigenvalue weighted by atomic mass is 10.0. The van der Waals surface area contributed by atoms with Crippen LogP contribution < -0.4 is 0 Å². The maximum atomic E-state index is 12.7. The molecule has 1 heterocycles. The number of sulfonamides is 1. The van der Waals surface area contributed by atoms with Gasteiger partial charge in [-0.05, 0) is 31.2 Å². The SMILES string of the molecule is O=C(O)CCCCCCCC1CCCN1S(=O)(=O)Cc1ccccc1. The summed E-state index contributed by atoms with van der Waals surface area (Å²) in [4.78, 5) is 10.5. The van der Waals surface area contributed by atoms with Crippen LogP contribution in [0.1, 0.15) is 63.4 Å². The Labute approximate surface area is 151 Å². The van der Waals surface area contributed by atoms with Gasteiger partial charge in [-0.25, -0.2) is 8.42 Å². The van der Waals surface area contributed by atoms with Crippen molar-refractivity contribution in [1.29, 1.82) is 0 Å². The quantitative estimate of drug-likeness (QED) is 0.604. The highest BCUT2D eigenvalue weighted by Gasteiger charge is 2.33. The number of carboxylic acid groups (broad SMARTS) is 1. The zero-order chi connectivity index (χ0) is 18.1. The van der Waals surface area contributed by atoms with Crippen molar-refractivity contribution in [3.05, 3.63) is 35.9 Å². The lowest BCUT2D eigenvalue weighted by molar-refractivity contribution is -0.137. The average Bonchev–Trinajstić information content (AvgIpc) is 3.04. The van der Waals surface area contributed by atoms with Crippen molar-refractivity contribution in [2.75, 3.05) is 6.54 Å². The molecule has 0 amide bonds. The van der Waals surface area contributed by atoms with Crippen molar-refractivity contribution in [3.63, 3.8) is 0 Å². The van der Waals surface area contributed by atoms with Crippen LogP contribution in [0, 0.1) is 0 Å². The second-order valence-corrected chi connectivity index (χ2v) is 8.77. The number of hydrogen-bond donors (Lipinski definition) is 1. The molecular weight excluding hydrogens is 338 g/mol. The van der Waals surface area contributed by atoms with E-state index in [1.54, 1.807) is 4.31 Å². The highest BCUT2D eigenvalue weighted by molar-refractivity contribution is 7.88. The molecule has 0 bridgehead atoms. The highest BCUT2D eigenvalue weighted by atomic mass is 32.2. The van der Waals surface area contributed by atoms with Crippen LogP contribution in [0.5, 0.6) is 0 Å². The van der Waals surface area contributed by atoms with Gasteiger partial charge in [-0.1, -0.05) is 56.0 Å². The Morgan fingerprint density at radius 2 is 1.76 bits per heavy atom. The fraction of sp³-hybridized carbons (Fsp3) is 0.632. The van der Waals surface area contributed by atoms with E-state index in [-0.39, 0.29) is 18.2 Å². The minimum absolute atomic E-state index is 0.0829. The predicted molar refractivity (Wildman–Crippen MR) is 98.7 cm³/mol. The topological polar surface area (TPSA) is 74.7 Å². The molecule has 140 valence electrons. The van der Waals surface area contributed by atoms with Gasteiger partial charge in [0.15, 0.2) is 0 Å². The molecule has 1 aliphatic heterocycles. The Morgan fingerprint density at radius 3 is 2.48 bits per heavy atom. The van der Waals surface area contributed by atoms with Crippen LogP contribution in [0.2, 0.25) is 0 Å². The zero-order valence-corrected chi connectivity index (χ0v) is 15.6. The van der Waals surface area contributed by atoms with Crippen molar-refractivity contribution in [2.24, 2.45) is 0 Å². The zero-order valence-electron chi connectivity index (χ0n) is 14.8. The summed E-state index contributed by atoms with van der Waals surface area (Å²) in [7, 11) is -3.25. The normalized spacial score (nSPS) is 18.5. The number of benzene rings is 1. The molecule has 0 saturated carbocycles. The highest BCUT2D eigenvalue weighted by Crippen LogP contribution is 2.27. The predicted octanol–water partition coefficient (Wildman–Crippen LogP) is 3.80. The van der Waals surface area contributed by atoms with E-state index in [2.05, 4.69) is 0 Å². The smallest absolute Gasteiger partial charge is 0.303 e. The minimum Gasteiger partial charge on any atom is -0.481 e. The fourth-order valence-electron chi connectivity index (χ4n) is 3.52. The summed E-state index contributed by atoms with van der Waals surface area (Å²) in [5.41, 5.74) is 0.839. The molecule has 0 aromatic heterocycles. The van der Waals surface area contributed by atoms with Gasteiger partial charge in [0.25, 0.3) is 0 Å². The summed E-state index contributed by atoms with van der Waals surface area (Å²) < 4.78 is 27.2. The van der Waals surface area contributed by atoms with Crippen molar-refractivity contribution in [3.8, 4) is 0 Å². The van der Waals surface area contributed by atoms with Gasteiger partial charge in [-0.2, -0.15) is 4.31 Å². The van der Waals surface area contributed by atoms with Crippen LogP contribution in [0.15, 0.2) is 30.3 Å². The molecule has 2 rings (SSSR count). The van der Waals surface area contributed by atoms with E-state index in [1.807, 2.05) is 30.3 Å². The summed E-state index contributed by atoms with van der Waals surface area (Å²) in [6.45, 7) is 0.637. The van der Waals surface area contributed by atoms with Crippen LogP contribution in [0.4, 0.5) is 0 Å². The number of carboxylic acids is 1. The number of hydrogen-bond acceptors (Lipinski definition) is 3. The molecule has 0 radical (unpaired) electrons. The average molecular weight is 368 g/mol. The van der Waals surface area contributed by atoms with Crippen LogP contribution >= 0.6 is 0 Å². The molecule has 25 heavy (non-hydrogen) atoms.